The Balaban J connectivity index is 0.000000185. The monoisotopic (exact) mass is 787 g/mol. The van der Waals surface area contributed by atoms with Crippen molar-refractivity contribution in [2.45, 2.75) is 117 Å². The van der Waals surface area contributed by atoms with E-state index >= 15 is 0 Å². The molecular weight excluding hydrogens is 736 g/mol. The van der Waals surface area contributed by atoms with Gasteiger partial charge in [-0.1, -0.05) is 13.8 Å². The van der Waals surface area contributed by atoms with Crippen molar-refractivity contribution in [3.63, 3.8) is 0 Å². The molecule has 4 N–H and O–H groups in total. The van der Waals surface area contributed by atoms with Gasteiger partial charge in [0.15, 0.2) is 0 Å². The number of alkyl halides is 3. The van der Waals surface area contributed by atoms with Gasteiger partial charge in [0.25, 0.3) is 0 Å². The minimum absolute atomic E-state index is 0.0484. The number of fused-ring (bicyclic) bond motifs is 2. The summed E-state index contributed by atoms with van der Waals surface area (Å²) in [5.74, 6) is 1.99. The van der Waals surface area contributed by atoms with Gasteiger partial charge in [0.05, 0.1) is 46.4 Å². The van der Waals surface area contributed by atoms with Crippen molar-refractivity contribution in [1.29, 1.82) is 5.26 Å². The van der Waals surface area contributed by atoms with Gasteiger partial charge in [0.2, 0.25) is 11.9 Å². The average Bonchev–Trinajstić information content (AvgIpc) is 3.99. The van der Waals surface area contributed by atoms with Gasteiger partial charge in [-0.2, -0.15) is 43.7 Å². The molecule has 2 aliphatic carbocycles. The van der Waals surface area contributed by atoms with Crippen molar-refractivity contribution in [2.24, 2.45) is 7.05 Å². The third-order valence-corrected chi connectivity index (χ3v) is 10.4. The molecule has 57 heavy (non-hydrogen) atoms. The van der Waals surface area contributed by atoms with E-state index in [1.54, 1.807) is 34.1 Å². The number of aryl methyl sites for hydroxylation is 3. The molecule has 1 spiro atoms. The fourth-order valence-corrected chi connectivity index (χ4v) is 6.60. The summed E-state index contributed by atoms with van der Waals surface area (Å²) in [5, 5.41) is 35.2. The van der Waals surface area contributed by atoms with Crippen LogP contribution in [0.15, 0.2) is 30.9 Å². The van der Waals surface area contributed by atoms with Crippen LogP contribution in [0.2, 0.25) is 0 Å². The molecule has 0 atom stereocenters. The summed E-state index contributed by atoms with van der Waals surface area (Å²) >= 11 is 0. The van der Waals surface area contributed by atoms with Gasteiger partial charge in [-0.15, -0.1) is 0 Å². The molecule has 5 aromatic heterocycles. The van der Waals surface area contributed by atoms with Crippen LogP contribution in [0.5, 0.6) is 0 Å². The molecule has 18 heteroatoms. The summed E-state index contributed by atoms with van der Waals surface area (Å²) < 4.78 is 44.5. The number of nitrogens with one attached hydrogen (secondary N) is 4. The maximum Gasteiger partial charge on any atom is 0.421 e. The highest BCUT2D eigenvalue weighted by molar-refractivity contribution is 5.65. The van der Waals surface area contributed by atoms with Crippen LogP contribution in [0.25, 0.3) is 0 Å². The lowest BCUT2D eigenvalue weighted by Crippen LogP contribution is -2.29. The summed E-state index contributed by atoms with van der Waals surface area (Å²) in [7, 11) is 1.84. The Morgan fingerprint density at radius 3 is 2.12 bits per heavy atom. The van der Waals surface area contributed by atoms with Gasteiger partial charge in [0, 0.05) is 55.6 Å². The first kappa shape index (κ1) is 40.9. The van der Waals surface area contributed by atoms with Crippen molar-refractivity contribution in [2.75, 3.05) is 34.4 Å². The van der Waals surface area contributed by atoms with Gasteiger partial charge in [0.1, 0.15) is 28.3 Å². The van der Waals surface area contributed by atoms with Crippen LogP contribution in [-0.4, -0.2) is 62.4 Å². The highest BCUT2D eigenvalue weighted by atomic mass is 19.4. The van der Waals surface area contributed by atoms with E-state index in [2.05, 4.69) is 52.6 Å². The Labute approximate surface area is 330 Å². The van der Waals surface area contributed by atoms with Gasteiger partial charge >= 0.3 is 6.18 Å². The highest BCUT2D eigenvalue weighted by Gasteiger charge is 2.53. The summed E-state index contributed by atoms with van der Waals surface area (Å²) in [5.41, 5.74) is 4.55. The topological polar surface area (TPSA) is 177 Å². The predicted molar refractivity (Wildman–Crippen MR) is 213 cm³/mol. The number of aromatic nitrogens is 10. The fraction of sp³-hybridized carbons (Fsp3) is 0.538. The quantitative estimate of drug-likeness (QED) is 0.107. The van der Waals surface area contributed by atoms with Crippen LogP contribution >= 0.6 is 0 Å². The first-order chi connectivity index (χ1) is 26.9. The standard InChI is InChI=1S/C19H23N7.C18H23F3N8.C2H6/c1-11-13(8-26(25-11)18(2,3)9-20)22-17-23-15(12-4-5-12)14-16(24-17)21-10-19(14)6-7-19;1-6-22-15-12(18(19,20)21)9-23-16(25-15)24-13-10-29(26-11(13)2)17(3,4)14-7-8-28(5)27-14;1-2/h8,12H,4-7,10H2,1-3H3,(H2,21,22,23,24);7-10H,6H2,1-5H3,(H2,22,23,24,25);1-2H3. The lowest BCUT2D eigenvalue weighted by Gasteiger charge is -2.23. The van der Waals surface area contributed by atoms with E-state index in [9.17, 15) is 18.4 Å². The number of rotatable bonds is 10. The molecule has 3 aliphatic rings. The summed E-state index contributed by atoms with van der Waals surface area (Å²) in [4.78, 5) is 17.5. The molecule has 0 aromatic carbocycles. The van der Waals surface area contributed by atoms with Crippen LogP contribution < -0.4 is 21.3 Å². The molecule has 0 radical (unpaired) electrons. The van der Waals surface area contributed by atoms with Crippen molar-refractivity contribution >= 4 is 34.9 Å². The smallest absolute Gasteiger partial charge is 0.370 e. The molecule has 304 valence electrons. The number of hydrogen-bond donors (Lipinski definition) is 4. The van der Waals surface area contributed by atoms with Crippen molar-refractivity contribution in [3.8, 4) is 6.07 Å². The molecule has 1 aliphatic heterocycles. The summed E-state index contributed by atoms with van der Waals surface area (Å²) in [6.07, 6.45) is 6.66. The Morgan fingerprint density at radius 1 is 0.930 bits per heavy atom. The second kappa shape index (κ2) is 15.3. The second-order valence-electron chi connectivity index (χ2n) is 15.5. The second-order valence-corrected chi connectivity index (χ2v) is 15.5. The van der Waals surface area contributed by atoms with Gasteiger partial charge < -0.3 is 21.3 Å². The SMILES string of the molecule is CC.CCNc1nc(Nc2cn(C(C)(C)c3ccn(C)n3)nc2C)ncc1C(F)(F)F.Cc1nn(C(C)(C)C#N)cc1Nc1nc2c(c(C3CC3)n1)C1(CC1)CN2. The van der Waals surface area contributed by atoms with Crippen molar-refractivity contribution in [1.82, 2.24) is 49.3 Å². The maximum atomic E-state index is 13.1. The Bertz CT molecular complexity index is 2270. The van der Waals surface area contributed by atoms with E-state index in [4.69, 9.17) is 9.97 Å². The first-order valence-corrected chi connectivity index (χ1v) is 19.4. The number of nitrogens with zero attached hydrogens (tertiary/aromatic N) is 11. The average molecular weight is 788 g/mol. The number of anilines is 6. The van der Waals surface area contributed by atoms with Gasteiger partial charge in [-0.05, 0) is 80.2 Å². The zero-order valence-corrected chi connectivity index (χ0v) is 34.3. The van der Waals surface area contributed by atoms with Gasteiger partial charge in [-0.3, -0.25) is 14.0 Å². The third kappa shape index (κ3) is 8.37. The molecule has 0 saturated heterocycles. The van der Waals surface area contributed by atoms with E-state index in [0.717, 1.165) is 35.6 Å². The van der Waals surface area contributed by atoms with Gasteiger partial charge in [-0.25, -0.2) is 9.97 Å². The van der Waals surface area contributed by atoms with Crippen LogP contribution in [0, 0.1) is 25.2 Å². The minimum atomic E-state index is -4.54. The molecule has 5 aromatic rings. The van der Waals surface area contributed by atoms with Crippen LogP contribution in [0.1, 0.15) is 114 Å². The zero-order valence-electron chi connectivity index (χ0n) is 34.3. The third-order valence-electron chi connectivity index (χ3n) is 10.4. The van der Waals surface area contributed by atoms with E-state index < -0.39 is 22.8 Å². The highest BCUT2D eigenvalue weighted by Crippen LogP contribution is 2.58. The Morgan fingerprint density at radius 2 is 1.56 bits per heavy atom. The lowest BCUT2D eigenvalue weighted by molar-refractivity contribution is -0.137. The Kier molecular flexibility index (Phi) is 11.0. The van der Waals surface area contributed by atoms with E-state index in [1.165, 1.54) is 36.9 Å². The molecule has 0 bridgehead atoms. The van der Waals surface area contributed by atoms with Crippen LogP contribution in [0.3, 0.4) is 0 Å². The predicted octanol–water partition coefficient (Wildman–Crippen LogP) is 8.04. The van der Waals surface area contributed by atoms with Crippen LogP contribution in [0.4, 0.5) is 48.1 Å². The lowest BCUT2D eigenvalue weighted by atomic mass is 9.96. The molecule has 6 heterocycles. The summed E-state index contributed by atoms with van der Waals surface area (Å²) in [6.45, 7) is 18.4. The molecular formula is C39H52F3N15. The van der Waals surface area contributed by atoms with Crippen molar-refractivity contribution < 1.29 is 13.2 Å². The first-order valence-electron chi connectivity index (χ1n) is 19.4. The van der Waals surface area contributed by atoms with E-state index in [0.29, 0.717) is 35.2 Å². The van der Waals surface area contributed by atoms with E-state index in [-0.39, 0.29) is 11.8 Å². The minimum Gasteiger partial charge on any atom is -0.370 e. The molecule has 0 amide bonds. The summed E-state index contributed by atoms with van der Waals surface area (Å²) in [6, 6.07) is 4.18. The van der Waals surface area contributed by atoms with Crippen molar-refractivity contribution in [3.05, 3.63) is 64.8 Å². The Hall–Kier alpha value is -5.73. The normalized spacial score (nSPS) is 15.4. The fourth-order valence-electron chi connectivity index (χ4n) is 6.60. The molecule has 0 unspecified atom stereocenters. The number of nitriles is 1. The van der Waals surface area contributed by atoms with Crippen LogP contribution in [-0.2, 0) is 29.7 Å². The van der Waals surface area contributed by atoms with E-state index in [1.807, 2.05) is 74.0 Å². The number of halogens is 3. The largest absolute Gasteiger partial charge is 0.421 e. The molecule has 15 nitrogen and oxygen atoms in total. The molecule has 2 saturated carbocycles. The zero-order chi connectivity index (χ0) is 41.5. The molecule has 8 rings (SSSR count). The molecule has 2 fully saturated rings. The maximum absolute atomic E-state index is 13.1. The number of hydrogen-bond acceptors (Lipinski definition) is 12.